The fourth-order valence-corrected chi connectivity index (χ4v) is 6.16. The van der Waals surface area contributed by atoms with Gasteiger partial charge >= 0.3 is 6.09 Å². The monoisotopic (exact) mass is 597 g/mol. The summed E-state index contributed by atoms with van der Waals surface area (Å²) in [6.07, 6.45) is 10.4. The molecule has 10 heteroatoms. The first kappa shape index (κ1) is 30.3. The fourth-order valence-electron chi connectivity index (χ4n) is 5.92. The zero-order valence-corrected chi connectivity index (χ0v) is 26.2. The van der Waals surface area contributed by atoms with Crippen LogP contribution in [0.3, 0.4) is 0 Å². The van der Waals surface area contributed by atoms with E-state index in [0.717, 1.165) is 80.8 Å². The van der Waals surface area contributed by atoms with Crippen LogP contribution in [0.1, 0.15) is 59.3 Å². The highest BCUT2D eigenvalue weighted by Gasteiger charge is 2.28. The van der Waals surface area contributed by atoms with Gasteiger partial charge in [0.25, 0.3) is 0 Å². The number of hydrogen-bond acceptors (Lipinski definition) is 7. The van der Waals surface area contributed by atoms with Crippen LogP contribution >= 0.6 is 11.6 Å². The van der Waals surface area contributed by atoms with Gasteiger partial charge in [-0.05, 0) is 83.9 Å². The Morgan fingerprint density at radius 1 is 1.00 bits per heavy atom. The van der Waals surface area contributed by atoms with E-state index in [1.807, 2.05) is 48.5 Å². The summed E-state index contributed by atoms with van der Waals surface area (Å²) in [6.45, 7) is 8.33. The lowest BCUT2D eigenvalue weighted by Gasteiger charge is -2.35. The molecule has 0 bridgehead atoms. The maximum absolute atomic E-state index is 12.3. The Balaban J connectivity index is 1.09. The number of halogens is 1. The minimum absolute atomic E-state index is 0.186. The van der Waals surface area contributed by atoms with Gasteiger partial charge in [0.1, 0.15) is 22.7 Å². The summed E-state index contributed by atoms with van der Waals surface area (Å²) in [7, 11) is 3.22. The molecule has 1 amide bonds. The predicted molar refractivity (Wildman–Crippen MR) is 167 cm³/mol. The second-order valence-electron chi connectivity index (χ2n) is 12.5. The summed E-state index contributed by atoms with van der Waals surface area (Å²) in [5.74, 6) is 1.84. The average molecular weight is 598 g/mol. The summed E-state index contributed by atoms with van der Waals surface area (Å²) < 4.78 is 18.5. The summed E-state index contributed by atoms with van der Waals surface area (Å²) in [4.78, 5) is 19.0. The number of benzene rings is 1. The van der Waals surface area contributed by atoms with Crippen molar-refractivity contribution in [2.24, 2.45) is 5.92 Å². The molecule has 42 heavy (non-hydrogen) atoms. The topological polar surface area (TPSA) is 89.4 Å². The molecule has 9 nitrogen and oxygen atoms in total. The third-order valence-electron chi connectivity index (χ3n) is 8.27. The number of pyridine rings is 1. The third-order valence-corrected chi connectivity index (χ3v) is 8.56. The van der Waals surface area contributed by atoms with Crippen molar-refractivity contribution >= 4 is 29.0 Å². The number of carbonyl (C=O) groups is 1. The molecule has 3 heterocycles. The Morgan fingerprint density at radius 3 is 2.36 bits per heavy atom. The van der Waals surface area contributed by atoms with Gasteiger partial charge in [-0.25, -0.2) is 9.78 Å². The van der Waals surface area contributed by atoms with E-state index in [0.29, 0.717) is 34.5 Å². The van der Waals surface area contributed by atoms with E-state index >= 15 is 0 Å². The van der Waals surface area contributed by atoms with Gasteiger partial charge < -0.3 is 34.1 Å². The van der Waals surface area contributed by atoms with E-state index in [9.17, 15) is 4.79 Å². The number of aromatic nitrogens is 2. The van der Waals surface area contributed by atoms with Gasteiger partial charge in [-0.1, -0.05) is 11.6 Å². The molecule has 2 aromatic heterocycles. The van der Waals surface area contributed by atoms with Gasteiger partial charge in [-0.2, -0.15) is 0 Å². The third kappa shape index (κ3) is 7.42. The van der Waals surface area contributed by atoms with Crippen molar-refractivity contribution in [1.29, 1.82) is 0 Å². The first-order valence-electron chi connectivity index (χ1n) is 15.0. The molecule has 0 atom stereocenters. The van der Waals surface area contributed by atoms with Gasteiger partial charge in [0, 0.05) is 61.0 Å². The maximum Gasteiger partial charge on any atom is 0.410 e. The van der Waals surface area contributed by atoms with E-state index in [-0.39, 0.29) is 6.09 Å². The minimum atomic E-state index is -0.444. The number of methoxy groups -OCH3 is 2. The molecule has 1 aliphatic carbocycles. The van der Waals surface area contributed by atoms with Crippen LogP contribution in [0, 0.1) is 5.92 Å². The molecule has 1 saturated carbocycles. The average Bonchev–Trinajstić information content (AvgIpc) is 3.39. The van der Waals surface area contributed by atoms with Crippen molar-refractivity contribution in [3.63, 3.8) is 0 Å². The number of piperidine rings is 1. The van der Waals surface area contributed by atoms with Crippen molar-refractivity contribution in [3.05, 3.63) is 41.7 Å². The maximum atomic E-state index is 12.3. The smallest absolute Gasteiger partial charge is 0.410 e. The normalized spacial score (nSPS) is 20.0. The van der Waals surface area contributed by atoms with Gasteiger partial charge in [0.05, 0.1) is 24.9 Å². The molecule has 0 unspecified atom stereocenters. The molecule has 228 valence electrons. The molecule has 0 spiro atoms. The summed E-state index contributed by atoms with van der Waals surface area (Å²) >= 11 is 6.40. The Kier molecular flexibility index (Phi) is 9.38. The van der Waals surface area contributed by atoms with Crippen LogP contribution in [-0.4, -0.2) is 71.9 Å². The molecule has 1 aliphatic heterocycles. The number of rotatable bonds is 8. The Labute approximate surface area is 253 Å². The van der Waals surface area contributed by atoms with Crippen LogP contribution in [-0.2, 0) is 4.74 Å². The van der Waals surface area contributed by atoms with Gasteiger partial charge in [0.15, 0.2) is 0 Å². The van der Waals surface area contributed by atoms with Crippen LogP contribution < -0.4 is 20.1 Å². The Hall–Kier alpha value is -3.17. The summed E-state index contributed by atoms with van der Waals surface area (Å²) in [5, 5.41) is 8.07. The van der Waals surface area contributed by atoms with Crippen molar-refractivity contribution < 1.29 is 19.0 Å². The predicted octanol–water partition coefficient (Wildman–Crippen LogP) is 6.63. The zero-order chi connectivity index (χ0) is 29.9. The molecular weight excluding hydrogens is 554 g/mol. The van der Waals surface area contributed by atoms with Crippen molar-refractivity contribution in [2.75, 3.05) is 39.2 Å². The number of carbonyl (C=O) groups excluding carboxylic acids is 1. The van der Waals surface area contributed by atoms with Crippen LogP contribution in [0.4, 0.5) is 10.5 Å². The highest BCUT2D eigenvalue weighted by Crippen LogP contribution is 2.38. The number of hydrogen-bond donors (Lipinski definition) is 2. The zero-order valence-electron chi connectivity index (χ0n) is 25.4. The van der Waals surface area contributed by atoms with E-state index in [2.05, 4.69) is 22.8 Å². The summed E-state index contributed by atoms with van der Waals surface area (Å²) in [5.41, 5.74) is 3.10. The molecule has 3 aromatic rings. The lowest BCUT2D eigenvalue weighted by molar-refractivity contribution is 0.0183. The second-order valence-corrected chi connectivity index (χ2v) is 12.9. The quantitative estimate of drug-likeness (QED) is 0.301. The van der Waals surface area contributed by atoms with Crippen molar-refractivity contribution in [1.82, 2.24) is 19.6 Å². The number of likely N-dealkylation sites (tertiary alicyclic amines) is 1. The summed E-state index contributed by atoms with van der Waals surface area (Å²) in [6, 6.07) is 8.81. The van der Waals surface area contributed by atoms with Gasteiger partial charge in [0.2, 0.25) is 0 Å². The number of imidazole rings is 1. The SMILES string of the molecule is COc1cc(OC)c(-c2cn3ccc(N[C@H]4CC[C@@H](NCC5CCN(C(=O)OC(C)(C)C)CC5)CC4)cc3n2)cc1Cl. The van der Waals surface area contributed by atoms with Crippen LogP contribution in [0.2, 0.25) is 5.02 Å². The molecule has 1 saturated heterocycles. The molecule has 0 radical (unpaired) electrons. The highest BCUT2D eigenvalue weighted by atomic mass is 35.5. The fraction of sp³-hybridized carbons (Fsp3) is 0.562. The molecule has 1 aromatic carbocycles. The van der Waals surface area contributed by atoms with Crippen LogP contribution in [0.5, 0.6) is 11.5 Å². The lowest BCUT2D eigenvalue weighted by Crippen LogP contribution is -2.45. The number of anilines is 1. The first-order chi connectivity index (χ1) is 20.1. The Morgan fingerprint density at radius 2 is 1.69 bits per heavy atom. The number of nitrogens with zero attached hydrogens (tertiary/aromatic N) is 3. The van der Waals surface area contributed by atoms with E-state index in [1.165, 1.54) is 0 Å². The molecule has 2 N–H and O–H groups in total. The van der Waals surface area contributed by atoms with Gasteiger partial charge in [-0.15, -0.1) is 0 Å². The highest BCUT2D eigenvalue weighted by molar-refractivity contribution is 6.32. The second kappa shape index (κ2) is 13.0. The van der Waals surface area contributed by atoms with Crippen LogP contribution in [0.15, 0.2) is 36.7 Å². The number of fused-ring (bicyclic) bond motifs is 1. The number of nitrogens with one attached hydrogen (secondary N) is 2. The van der Waals surface area contributed by atoms with Crippen LogP contribution in [0.25, 0.3) is 16.9 Å². The molecule has 2 aliphatic rings. The van der Waals surface area contributed by atoms with Crippen molar-refractivity contribution in [2.45, 2.75) is 77.0 Å². The molecule has 5 rings (SSSR count). The number of ether oxygens (including phenoxy) is 3. The molecular formula is C32H44ClN5O4. The first-order valence-corrected chi connectivity index (χ1v) is 15.4. The molecule has 2 fully saturated rings. The van der Waals surface area contributed by atoms with Crippen molar-refractivity contribution in [3.8, 4) is 22.8 Å². The Bertz CT molecular complexity index is 1370. The standard InChI is InChI=1S/C32H44ClN5O4/c1-32(2,3)42-31(39)37-13-10-21(11-14-37)19-34-22-6-8-23(9-7-22)35-24-12-15-38-20-27(36-30(38)16-24)25-17-26(33)29(41-5)18-28(25)40-4/h12,15-18,20-23,34-35H,6-11,13-14,19H2,1-5H3/t22-,23+. The van der Waals surface area contributed by atoms with E-state index < -0.39 is 5.60 Å². The van der Waals surface area contributed by atoms with E-state index in [1.54, 1.807) is 20.3 Å². The van der Waals surface area contributed by atoms with E-state index in [4.69, 9.17) is 30.8 Å². The largest absolute Gasteiger partial charge is 0.496 e. The van der Waals surface area contributed by atoms with Gasteiger partial charge in [-0.3, -0.25) is 0 Å². The lowest BCUT2D eigenvalue weighted by atomic mass is 9.90. The minimum Gasteiger partial charge on any atom is -0.496 e. The number of amides is 1.